The molecule has 0 radical (unpaired) electrons. The largest absolute Gasteiger partial charge is 0.464 e. The number of rotatable bonds is 22. The van der Waals surface area contributed by atoms with E-state index in [-0.39, 0.29) is 58.7 Å². The molecule has 0 rings (SSSR count). The highest BCUT2D eigenvalue weighted by atomic mass is 16.5. The number of carbonyl (C=O) groups is 4. The van der Waals surface area contributed by atoms with E-state index in [2.05, 4.69) is 0 Å². The summed E-state index contributed by atoms with van der Waals surface area (Å²) in [6, 6.07) is 0. The highest BCUT2D eigenvalue weighted by molar-refractivity contribution is 6.39. The molecular formula is C24H42O9. The Hall–Kier alpha value is -1.84. The highest BCUT2D eigenvalue weighted by Crippen LogP contribution is 2.27. The monoisotopic (exact) mass is 474 g/mol. The molecule has 0 aromatic carbocycles. The maximum atomic E-state index is 13.0. The smallest absolute Gasteiger partial charge is 0.305 e. The third-order valence-corrected chi connectivity index (χ3v) is 5.57. The summed E-state index contributed by atoms with van der Waals surface area (Å²) in [4.78, 5) is 49.8. The van der Waals surface area contributed by atoms with Gasteiger partial charge in [0.15, 0.2) is 5.78 Å². The molecule has 0 saturated carbocycles. The van der Waals surface area contributed by atoms with Crippen molar-refractivity contribution in [3.05, 3.63) is 0 Å². The second-order valence-electron chi connectivity index (χ2n) is 8.31. The van der Waals surface area contributed by atoms with Crippen LogP contribution in [0.1, 0.15) is 90.4 Å². The van der Waals surface area contributed by atoms with Crippen LogP contribution < -0.4 is 0 Å². The number of esters is 2. The number of unbranched alkanes of at least 4 members (excludes halogenated alkanes) is 6. The minimum Gasteiger partial charge on any atom is -0.464 e. The first-order chi connectivity index (χ1) is 15.9. The number of hydrogen-bond acceptors (Lipinski definition) is 9. The molecule has 0 aliphatic rings. The first-order valence-electron chi connectivity index (χ1n) is 12.1. The number of ether oxygens (including phenoxy) is 2. The Morgan fingerprint density at radius 2 is 1.00 bits per heavy atom. The van der Waals surface area contributed by atoms with Crippen molar-refractivity contribution in [2.24, 2.45) is 5.41 Å². The summed E-state index contributed by atoms with van der Waals surface area (Å²) in [6.07, 6.45) is 5.65. The van der Waals surface area contributed by atoms with Gasteiger partial charge < -0.3 is 24.8 Å². The molecule has 0 bridgehead atoms. The fourth-order valence-corrected chi connectivity index (χ4v) is 3.22. The molecule has 0 aromatic rings. The maximum absolute atomic E-state index is 13.0. The summed E-state index contributed by atoms with van der Waals surface area (Å²) in [6.45, 7) is 1.11. The summed E-state index contributed by atoms with van der Waals surface area (Å²) in [5.74, 6) is -2.34. The van der Waals surface area contributed by atoms with Gasteiger partial charge in [-0.2, -0.15) is 0 Å². The first-order valence-corrected chi connectivity index (χ1v) is 12.1. The third-order valence-electron chi connectivity index (χ3n) is 5.57. The van der Waals surface area contributed by atoms with E-state index in [1.165, 1.54) is 0 Å². The fraction of sp³-hybridized carbons (Fsp3) is 0.833. The Morgan fingerprint density at radius 1 is 0.606 bits per heavy atom. The van der Waals surface area contributed by atoms with E-state index in [0.29, 0.717) is 57.8 Å². The lowest BCUT2D eigenvalue weighted by molar-refractivity contribution is -0.161. The molecule has 3 N–H and O–H groups in total. The topological polar surface area (TPSA) is 147 Å². The van der Waals surface area contributed by atoms with Crippen LogP contribution in [0.15, 0.2) is 0 Å². The predicted octanol–water partition coefficient (Wildman–Crippen LogP) is 2.27. The molecule has 9 heteroatoms. The average molecular weight is 475 g/mol. The average Bonchev–Trinajstić information content (AvgIpc) is 2.82. The van der Waals surface area contributed by atoms with E-state index in [4.69, 9.17) is 24.8 Å². The zero-order valence-electron chi connectivity index (χ0n) is 20.0. The second-order valence-corrected chi connectivity index (χ2v) is 8.31. The molecule has 0 aliphatic heterocycles. The highest BCUT2D eigenvalue weighted by Gasteiger charge is 2.43. The van der Waals surface area contributed by atoms with Crippen LogP contribution in [0.4, 0.5) is 0 Å². The van der Waals surface area contributed by atoms with Crippen molar-refractivity contribution in [2.75, 3.05) is 33.0 Å². The van der Waals surface area contributed by atoms with Gasteiger partial charge >= 0.3 is 11.9 Å². The van der Waals surface area contributed by atoms with E-state index >= 15 is 0 Å². The number of hydrogen-bond donors (Lipinski definition) is 3. The van der Waals surface area contributed by atoms with E-state index in [9.17, 15) is 19.2 Å². The molecular weight excluding hydrogens is 432 g/mol. The zero-order chi connectivity index (χ0) is 25.0. The van der Waals surface area contributed by atoms with Crippen molar-refractivity contribution in [2.45, 2.75) is 90.4 Å². The summed E-state index contributed by atoms with van der Waals surface area (Å²) in [5.41, 5.74) is -1.43. The molecule has 33 heavy (non-hydrogen) atoms. The van der Waals surface area contributed by atoms with E-state index in [1.807, 2.05) is 0 Å². The van der Waals surface area contributed by atoms with Crippen LogP contribution in [-0.4, -0.2) is 71.9 Å². The molecule has 0 heterocycles. The van der Waals surface area contributed by atoms with Crippen molar-refractivity contribution in [1.82, 2.24) is 0 Å². The number of ketones is 2. The van der Waals surface area contributed by atoms with Gasteiger partial charge in [0.1, 0.15) is 18.6 Å². The standard InChI is InChI=1S/C24H42O9/c1-2-24(18-32-21(29)13-7-4-10-16-26,19-33-22(30)14-8-5-11-17-27)23(31)20(28)12-6-3-9-15-25/h25-27H,2-19H2,1H3. The van der Waals surface area contributed by atoms with Crippen LogP contribution >= 0.6 is 0 Å². The Bertz CT molecular complexity index is 546. The van der Waals surface area contributed by atoms with Gasteiger partial charge in [-0.15, -0.1) is 0 Å². The SMILES string of the molecule is CCC(COC(=O)CCCCCO)(COC(=O)CCCCCO)C(=O)C(=O)CCCCCO. The van der Waals surface area contributed by atoms with Crippen LogP contribution in [0.5, 0.6) is 0 Å². The Balaban J connectivity index is 5.07. The van der Waals surface area contributed by atoms with E-state index < -0.39 is 28.9 Å². The normalized spacial score (nSPS) is 11.3. The van der Waals surface area contributed by atoms with Crippen molar-refractivity contribution in [3.8, 4) is 0 Å². The molecule has 0 saturated heterocycles. The summed E-state index contributed by atoms with van der Waals surface area (Å²) < 4.78 is 10.6. The van der Waals surface area contributed by atoms with E-state index in [0.717, 1.165) is 0 Å². The van der Waals surface area contributed by atoms with Crippen LogP contribution in [0.2, 0.25) is 0 Å². The van der Waals surface area contributed by atoms with Gasteiger partial charge in [-0.25, -0.2) is 0 Å². The number of aliphatic hydroxyl groups excluding tert-OH is 3. The predicted molar refractivity (Wildman–Crippen MR) is 121 cm³/mol. The Labute approximate surface area is 196 Å². The molecule has 0 aromatic heterocycles. The zero-order valence-corrected chi connectivity index (χ0v) is 20.0. The van der Waals surface area contributed by atoms with Crippen molar-refractivity contribution in [3.63, 3.8) is 0 Å². The minimum atomic E-state index is -1.43. The second kappa shape index (κ2) is 19.6. The van der Waals surface area contributed by atoms with Gasteiger partial charge in [0, 0.05) is 39.1 Å². The van der Waals surface area contributed by atoms with Crippen LogP contribution in [0.25, 0.3) is 0 Å². The number of aliphatic hydroxyl groups is 3. The molecule has 0 unspecified atom stereocenters. The molecule has 0 amide bonds. The quantitative estimate of drug-likeness (QED) is 0.122. The third kappa shape index (κ3) is 14.1. The lowest BCUT2D eigenvalue weighted by Crippen LogP contribution is -2.45. The minimum absolute atomic E-state index is 0.0174. The number of carbonyl (C=O) groups excluding carboxylic acids is 4. The molecule has 0 aliphatic carbocycles. The first kappa shape index (κ1) is 31.2. The molecule has 0 fully saturated rings. The van der Waals surface area contributed by atoms with Crippen molar-refractivity contribution >= 4 is 23.5 Å². The van der Waals surface area contributed by atoms with Crippen molar-refractivity contribution < 1.29 is 44.0 Å². The van der Waals surface area contributed by atoms with Crippen LogP contribution in [-0.2, 0) is 28.7 Å². The van der Waals surface area contributed by atoms with Gasteiger partial charge in [-0.1, -0.05) is 26.2 Å². The van der Waals surface area contributed by atoms with Crippen LogP contribution in [0, 0.1) is 5.41 Å². The van der Waals surface area contributed by atoms with Gasteiger partial charge in [0.25, 0.3) is 0 Å². The lowest BCUT2D eigenvalue weighted by Gasteiger charge is -2.29. The van der Waals surface area contributed by atoms with Gasteiger partial charge in [-0.3, -0.25) is 19.2 Å². The van der Waals surface area contributed by atoms with Crippen LogP contribution in [0.3, 0.4) is 0 Å². The number of Topliss-reactive ketones (excluding diaryl/α,β-unsaturated/α-hetero) is 2. The lowest BCUT2D eigenvalue weighted by atomic mass is 9.79. The van der Waals surface area contributed by atoms with Gasteiger partial charge in [-0.05, 0) is 44.9 Å². The fourth-order valence-electron chi connectivity index (χ4n) is 3.22. The van der Waals surface area contributed by atoms with Gasteiger partial charge in [0.05, 0.1) is 0 Å². The summed E-state index contributed by atoms with van der Waals surface area (Å²) in [7, 11) is 0. The molecule has 0 atom stereocenters. The molecule has 0 spiro atoms. The molecule has 192 valence electrons. The molecule has 9 nitrogen and oxygen atoms in total. The Morgan fingerprint density at radius 3 is 1.36 bits per heavy atom. The van der Waals surface area contributed by atoms with Crippen molar-refractivity contribution in [1.29, 1.82) is 0 Å². The Kier molecular flexibility index (Phi) is 18.5. The summed E-state index contributed by atoms with van der Waals surface area (Å²) in [5, 5.41) is 26.5. The summed E-state index contributed by atoms with van der Waals surface area (Å²) >= 11 is 0. The maximum Gasteiger partial charge on any atom is 0.305 e. The van der Waals surface area contributed by atoms with E-state index in [1.54, 1.807) is 6.92 Å². The van der Waals surface area contributed by atoms with Gasteiger partial charge in [0.2, 0.25) is 5.78 Å².